The smallest absolute Gasteiger partial charge is 0.0532 e. The minimum Gasteiger partial charge on any atom is -0.254 e. The first-order valence-electron chi connectivity index (χ1n) is 4.54. The third kappa shape index (κ3) is 3.31. The standard InChI is InChI=1S/C11H16OS/c1-9(2)8-13(12)11-6-4-5-10(3)7-11/h4-7,9H,8H2,1-3H3. The molecule has 0 spiro atoms. The van der Waals surface area contributed by atoms with Gasteiger partial charge in [-0.05, 0) is 30.5 Å². The Kier molecular flexibility index (Phi) is 3.67. The van der Waals surface area contributed by atoms with E-state index < -0.39 is 10.8 Å². The summed E-state index contributed by atoms with van der Waals surface area (Å²) in [5.41, 5.74) is 1.18. The highest BCUT2D eigenvalue weighted by atomic mass is 32.2. The summed E-state index contributed by atoms with van der Waals surface area (Å²) in [5.74, 6) is 1.24. The topological polar surface area (TPSA) is 17.1 Å². The number of benzene rings is 1. The van der Waals surface area contributed by atoms with Crippen molar-refractivity contribution < 1.29 is 4.21 Å². The summed E-state index contributed by atoms with van der Waals surface area (Å²) in [5, 5.41) is 0. The number of rotatable bonds is 3. The van der Waals surface area contributed by atoms with Crippen molar-refractivity contribution in [3.8, 4) is 0 Å². The van der Waals surface area contributed by atoms with Crippen molar-refractivity contribution in [2.75, 3.05) is 5.75 Å². The molecule has 1 nitrogen and oxygen atoms in total. The maximum Gasteiger partial charge on any atom is 0.0532 e. The summed E-state index contributed by atoms with van der Waals surface area (Å²) < 4.78 is 11.7. The average Bonchev–Trinajstić information content (AvgIpc) is 2.03. The first-order valence-corrected chi connectivity index (χ1v) is 5.86. The lowest BCUT2D eigenvalue weighted by atomic mass is 10.2. The Balaban J connectivity index is 2.77. The Labute approximate surface area is 82.6 Å². The van der Waals surface area contributed by atoms with Crippen LogP contribution in [0.2, 0.25) is 0 Å². The number of hydrogen-bond donors (Lipinski definition) is 0. The summed E-state index contributed by atoms with van der Waals surface area (Å²) in [6.07, 6.45) is 0. The molecule has 0 heterocycles. The zero-order valence-corrected chi connectivity index (χ0v) is 9.23. The molecule has 0 aliphatic carbocycles. The molecule has 0 fully saturated rings. The van der Waals surface area contributed by atoms with Crippen LogP contribution in [0.1, 0.15) is 19.4 Å². The molecule has 1 rings (SSSR count). The van der Waals surface area contributed by atoms with Gasteiger partial charge in [0.15, 0.2) is 0 Å². The monoisotopic (exact) mass is 196 g/mol. The fourth-order valence-corrected chi connectivity index (χ4v) is 2.50. The summed E-state index contributed by atoms with van der Waals surface area (Å²) in [6.45, 7) is 6.21. The van der Waals surface area contributed by atoms with Crippen molar-refractivity contribution in [3.63, 3.8) is 0 Å². The van der Waals surface area contributed by atoms with Crippen LogP contribution < -0.4 is 0 Å². The lowest BCUT2D eigenvalue weighted by Crippen LogP contribution is -2.04. The van der Waals surface area contributed by atoms with E-state index in [4.69, 9.17) is 0 Å². The molecule has 0 saturated heterocycles. The molecule has 0 aliphatic rings. The van der Waals surface area contributed by atoms with Gasteiger partial charge < -0.3 is 0 Å². The quantitative estimate of drug-likeness (QED) is 0.726. The molecule has 1 unspecified atom stereocenters. The van der Waals surface area contributed by atoms with E-state index >= 15 is 0 Å². The normalized spacial score (nSPS) is 13.2. The van der Waals surface area contributed by atoms with E-state index in [0.29, 0.717) is 5.92 Å². The van der Waals surface area contributed by atoms with Gasteiger partial charge in [0.05, 0.1) is 10.8 Å². The van der Waals surface area contributed by atoms with Gasteiger partial charge in [0.25, 0.3) is 0 Å². The van der Waals surface area contributed by atoms with E-state index in [-0.39, 0.29) is 0 Å². The molecule has 0 N–H and O–H groups in total. The Morgan fingerprint density at radius 3 is 2.62 bits per heavy atom. The molecule has 0 bridgehead atoms. The van der Waals surface area contributed by atoms with E-state index in [1.54, 1.807) is 0 Å². The third-order valence-electron chi connectivity index (χ3n) is 1.74. The van der Waals surface area contributed by atoms with Crippen molar-refractivity contribution >= 4 is 10.8 Å². The van der Waals surface area contributed by atoms with Crippen LogP contribution in [0, 0.1) is 12.8 Å². The van der Waals surface area contributed by atoms with E-state index in [2.05, 4.69) is 13.8 Å². The Bertz CT molecular complexity index is 305. The summed E-state index contributed by atoms with van der Waals surface area (Å²) in [6, 6.07) is 7.92. The highest BCUT2D eigenvalue weighted by Crippen LogP contribution is 2.11. The summed E-state index contributed by atoms with van der Waals surface area (Å²) in [7, 11) is -0.824. The highest BCUT2D eigenvalue weighted by molar-refractivity contribution is 7.85. The molecule has 1 atom stereocenters. The van der Waals surface area contributed by atoms with Gasteiger partial charge in [-0.3, -0.25) is 4.21 Å². The van der Waals surface area contributed by atoms with Crippen LogP contribution >= 0.6 is 0 Å². The van der Waals surface area contributed by atoms with Crippen LogP contribution in [0.4, 0.5) is 0 Å². The van der Waals surface area contributed by atoms with Crippen LogP contribution in [0.25, 0.3) is 0 Å². The largest absolute Gasteiger partial charge is 0.254 e. The van der Waals surface area contributed by atoms with Crippen LogP contribution in [0.5, 0.6) is 0 Å². The van der Waals surface area contributed by atoms with Crippen molar-refractivity contribution in [2.24, 2.45) is 5.92 Å². The van der Waals surface area contributed by atoms with Gasteiger partial charge in [-0.25, -0.2) is 0 Å². The molecule has 0 amide bonds. The molecular weight excluding hydrogens is 180 g/mol. The van der Waals surface area contributed by atoms with Crippen molar-refractivity contribution in [3.05, 3.63) is 29.8 Å². The first kappa shape index (κ1) is 10.5. The minimum atomic E-state index is -0.824. The van der Waals surface area contributed by atoms with Crippen molar-refractivity contribution in [1.82, 2.24) is 0 Å². The SMILES string of the molecule is Cc1cccc(S(=O)CC(C)C)c1. The zero-order chi connectivity index (χ0) is 9.84. The third-order valence-corrected chi connectivity index (χ3v) is 3.49. The second-order valence-electron chi connectivity index (χ2n) is 3.72. The van der Waals surface area contributed by atoms with Crippen molar-refractivity contribution in [1.29, 1.82) is 0 Å². The van der Waals surface area contributed by atoms with Crippen LogP contribution in [-0.2, 0) is 10.8 Å². The fourth-order valence-electron chi connectivity index (χ4n) is 1.16. The Hall–Kier alpha value is -0.630. The number of hydrogen-bond acceptors (Lipinski definition) is 1. The second kappa shape index (κ2) is 4.56. The first-order chi connectivity index (χ1) is 6.09. The molecule has 0 radical (unpaired) electrons. The minimum absolute atomic E-state index is 0.487. The fraction of sp³-hybridized carbons (Fsp3) is 0.455. The number of aryl methyl sites for hydroxylation is 1. The van der Waals surface area contributed by atoms with E-state index in [1.807, 2.05) is 31.2 Å². The van der Waals surface area contributed by atoms with Crippen molar-refractivity contribution in [2.45, 2.75) is 25.7 Å². The lowest BCUT2D eigenvalue weighted by Gasteiger charge is -2.05. The van der Waals surface area contributed by atoms with Gasteiger partial charge in [0, 0.05) is 10.6 Å². The highest BCUT2D eigenvalue weighted by Gasteiger charge is 2.05. The maximum absolute atomic E-state index is 11.7. The van der Waals surface area contributed by atoms with E-state index in [1.165, 1.54) is 5.56 Å². The molecule has 72 valence electrons. The average molecular weight is 196 g/mol. The van der Waals surface area contributed by atoms with Gasteiger partial charge in [-0.15, -0.1) is 0 Å². The molecule has 0 aromatic heterocycles. The van der Waals surface area contributed by atoms with Gasteiger partial charge in [0.1, 0.15) is 0 Å². The van der Waals surface area contributed by atoms with Gasteiger partial charge in [-0.2, -0.15) is 0 Å². The molecule has 2 heteroatoms. The maximum atomic E-state index is 11.7. The molecule has 1 aromatic carbocycles. The molecule has 1 aromatic rings. The molecule has 0 aliphatic heterocycles. The predicted molar refractivity (Wildman–Crippen MR) is 57.3 cm³/mol. The van der Waals surface area contributed by atoms with Crippen LogP contribution in [-0.4, -0.2) is 9.96 Å². The predicted octanol–water partition coefficient (Wildman–Crippen LogP) is 2.76. The van der Waals surface area contributed by atoms with Gasteiger partial charge in [0.2, 0.25) is 0 Å². The van der Waals surface area contributed by atoms with Gasteiger partial charge in [-0.1, -0.05) is 26.0 Å². The summed E-state index contributed by atoms with van der Waals surface area (Å²) in [4.78, 5) is 0.953. The summed E-state index contributed by atoms with van der Waals surface area (Å²) >= 11 is 0. The molecular formula is C11H16OS. The Morgan fingerprint density at radius 2 is 2.08 bits per heavy atom. The van der Waals surface area contributed by atoms with E-state index in [0.717, 1.165) is 10.6 Å². The van der Waals surface area contributed by atoms with Crippen LogP contribution in [0.15, 0.2) is 29.2 Å². The molecule has 0 saturated carbocycles. The Morgan fingerprint density at radius 1 is 1.38 bits per heavy atom. The second-order valence-corrected chi connectivity index (χ2v) is 5.22. The van der Waals surface area contributed by atoms with Gasteiger partial charge >= 0.3 is 0 Å². The van der Waals surface area contributed by atoms with Crippen LogP contribution in [0.3, 0.4) is 0 Å². The molecule has 13 heavy (non-hydrogen) atoms. The lowest BCUT2D eigenvalue weighted by molar-refractivity contribution is 0.665. The van der Waals surface area contributed by atoms with E-state index in [9.17, 15) is 4.21 Å². The zero-order valence-electron chi connectivity index (χ0n) is 8.41.